The number of hydrogen-bond acceptors (Lipinski definition) is 5. The Morgan fingerprint density at radius 1 is 1.17 bits per heavy atom. The molecule has 0 radical (unpaired) electrons. The van der Waals surface area contributed by atoms with Crippen LogP contribution in [0.5, 0.6) is 0 Å². The largest absolute Gasteiger partial charge is 0.385 e. The summed E-state index contributed by atoms with van der Waals surface area (Å²) in [6.45, 7) is 11.9. The summed E-state index contributed by atoms with van der Waals surface area (Å²) in [6.07, 6.45) is 1.06. The van der Waals surface area contributed by atoms with Crippen molar-refractivity contribution in [1.29, 1.82) is 0 Å². The van der Waals surface area contributed by atoms with Gasteiger partial charge in [0, 0.05) is 59.5 Å². The van der Waals surface area contributed by atoms with Crippen LogP contribution in [0.1, 0.15) is 24.5 Å². The monoisotopic (exact) mass is 533 g/mol. The minimum absolute atomic E-state index is 0. The molecule has 1 heterocycles. The average Bonchev–Trinajstić information content (AvgIpc) is 2.74. The molecule has 172 valence electrons. The van der Waals surface area contributed by atoms with Crippen LogP contribution in [-0.2, 0) is 22.6 Å². The lowest BCUT2D eigenvalue weighted by atomic mass is 10.1. The zero-order valence-corrected chi connectivity index (χ0v) is 21.2. The van der Waals surface area contributed by atoms with Crippen molar-refractivity contribution in [2.45, 2.75) is 26.4 Å². The molecule has 1 saturated heterocycles. The first-order valence-corrected chi connectivity index (χ1v) is 10.8. The van der Waals surface area contributed by atoms with Crippen LogP contribution in [0, 0.1) is 0 Å². The van der Waals surface area contributed by atoms with Gasteiger partial charge in [-0.05, 0) is 31.5 Å². The number of aliphatic imine (C=N–C) groups is 1. The summed E-state index contributed by atoms with van der Waals surface area (Å²) in [5.41, 5.74) is 2.64. The van der Waals surface area contributed by atoms with Crippen molar-refractivity contribution in [3.8, 4) is 0 Å². The minimum atomic E-state index is 0. The Labute approximate surface area is 199 Å². The van der Waals surface area contributed by atoms with Crippen molar-refractivity contribution in [3.05, 3.63) is 35.4 Å². The minimum Gasteiger partial charge on any atom is -0.385 e. The summed E-state index contributed by atoms with van der Waals surface area (Å²) in [4.78, 5) is 9.59. The third-order valence-corrected chi connectivity index (χ3v) is 5.04. The van der Waals surface area contributed by atoms with E-state index in [1.807, 2.05) is 0 Å². The van der Waals surface area contributed by atoms with Crippen LogP contribution in [0.25, 0.3) is 0 Å². The van der Waals surface area contributed by atoms with Crippen LogP contribution in [0.15, 0.2) is 29.3 Å². The topological polar surface area (TPSA) is 61.4 Å². The summed E-state index contributed by atoms with van der Waals surface area (Å²) in [5, 5.41) is 6.81. The maximum absolute atomic E-state index is 5.47. The molecule has 2 rings (SSSR count). The van der Waals surface area contributed by atoms with E-state index in [-0.39, 0.29) is 24.0 Å². The number of benzene rings is 1. The summed E-state index contributed by atoms with van der Waals surface area (Å²) in [6, 6.07) is 8.62. The zero-order chi connectivity index (χ0) is 20.7. The molecular weight excluding hydrogens is 493 g/mol. The number of nitrogens with one attached hydrogen (secondary N) is 2. The van der Waals surface area contributed by atoms with Gasteiger partial charge in [-0.1, -0.05) is 24.3 Å². The number of halogens is 1. The summed E-state index contributed by atoms with van der Waals surface area (Å²) in [5.74, 6) is 0.874. The number of rotatable bonds is 12. The molecule has 30 heavy (non-hydrogen) atoms. The Bertz CT molecular complexity index is 597. The van der Waals surface area contributed by atoms with Crippen LogP contribution >= 0.6 is 24.0 Å². The number of ether oxygens (including phenoxy) is 2. The number of nitrogens with zero attached hydrogens (tertiary/aromatic N) is 3. The second kappa shape index (κ2) is 16.7. The Morgan fingerprint density at radius 2 is 1.90 bits per heavy atom. The normalized spacial score (nSPS) is 15.1. The number of guanidine groups is 1. The molecule has 0 atom stereocenters. The fourth-order valence-corrected chi connectivity index (χ4v) is 3.33. The number of morpholine rings is 1. The lowest BCUT2D eigenvalue weighted by Crippen LogP contribution is -2.41. The van der Waals surface area contributed by atoms with Crippen molar-refractivity contribution in [1.82, 2.24) is 20.4 Å². The highest BCUT2D eigenvalue weighted by Gasteiger charge is 2.12. The number of methoxy groups -OCH3 is 1. The Morgan fingerprint density at radius 3 is 2.60 bits per heavy atom. The van der Waals surface area contributed by atoms with Crippen molar-refractivity contribution < 1.29 is 9.47 Å². The Hall–Kier alpha value is -0.940. The predicted molar refractivity (Wildman–Crippen MR) is 135 cm³/mol. The molecule has 0 unspecified atom stereocenters. The molecule has 0 bridgehead atoms. The molecule has 1 aromatic carbocycles. The lowest BCUT2D eigenvalue weighted by Gasteiger charge is -2.27. The van der Waals surface area contributed by atoms with E-state index in [0.29, 0.717) is 6.54 Å². The fourth-order valence-electron chi connectivity index (χ4n) is 3.33. The van der Waals surface area contributed by atoms with Gasteiger partial charge in [-0.15, -0.1) is 24.0 Å². The van der Waals surface area contributed by atoms with Crippen molar-refractivity contribution in [2.75, 3.05) is 73.2 Å². The van der Waals surface area contributed by atoms with Gasteiger partial charge in [-0.3, -0.25) is 4.90 Å². The Kier molecular flexibility index (Phi) is 15.1. The van der Waals surface area contributed by atoms with E-state index in [4.69, 9.17) is 14.5 Å². The fraction of sp³-hybridized carbons (Fsp3) is 0.682. The van der Waals surface area contributed by atoms with Gasteiger partial charge in [0.1, 0.15) is 0 Å². The zero-order valence-electron chi connectivity index (χ0n) is 18.9. The SMILES string of the molecule is CCNC(=NCc1ccccc1CN1CCOCC1)NCCN(C)CCCOC.I. The van der Waals surface area contributed by atoms with Crippen molar-refractivity contribution >= 4 is 29.9 Å². The summed E-state index contributed by atoms with van der Waals surface area (Å²) >= 11 is 0. The highest BCUT2D eigenvalue weighted by molar-refractivity contribution is 14.0. The first kappa shape index (κ1) is 27.1. The smallest absolute Gasteiger partial charge is 0.191 e. The van der Waals surface area contributed by atoms with Gasteiger partial charge >= 0.3 is 0 Å². The lowest BCUT2D eigenvalue weighted by molar-refractivity contribution is 0.0341. The molecule has 0 saturated carbocycles. The maximum Gasteiger partial charge on any atom is 0.191 e. The van der Waals surface area contributed by atoms with Gasteiger partial charge in [0.25, 0.3) is 0 Å². The molecule has 8 heteroatoms. The molecular formula is C22H40IN5O2. The molecule has 7 nitrogen and oxygen atoms in total. The van der Waals surface area contributed by atoms with Gasteiger partial charge in [-0.2, -0.15) is 0 Å². The summed E-state index contributed by atoms with van der Waals surface area (Å²) < 4.78 is 10.6. The van der Waals surface area contributed by atoms with Crippen LogP contribution in [-0.4, -0.2) is 89.0 Å². The van der Waals surface area contributed by atoms with Crippen molar-refractivity contribution in [3.63, 3.8) is 0 Å². The molecule has 0 amide bonds. The van der Waals surface area contributed by atoms with Gasteiger partial charge in [0.2, 0.25) is 0 Å². The second-order valence-corrected chi connectivity index (χ2v) is 7.43. The third kappa shape index (κ3) is 10.9. The standard InChI is InChI=1S/C22H39N5O2.HI/c1-4-23-22(24-10-12-26(2)11-7-15-28-3)25-18-20-8-5-6-9-21(20)19-27-13-16-29-17-14-27;/h5-6,8-9H,4,7,10-19H2,1-3H3,(H2,23,24,25);1H. The van der Waals surface area contributed by atoms with E-state index < -0.39 is 0 Å². The number of hydrogen-bond donors (Lipinski definition) is 2. The van der Waals surface area contributed by atoms with Gasteiger partial charge in [0.05, 0.1) is 19.8 Å². The second-order valence-electron chi connectivity index (χ2n) is 7.43. The van der Waals surface area contributed by atoms with Crippen LogP contribution in [0.2, 0.25) is 0 Å². The highest BCUT2D eigenvalue weighted by Crippen LogP contribution is 2.14. The Balaban J connectivity index is 0.00000450. The number of likely N-dealkylation sites (N-methyl/N-ethyl adjacent to an activating group) is 1. The van der Waals surface area contributed by atoms with E-state index in [9.17, 15) is 0 Å². The molecule has 1 aliphatic heterocycles. The van der Waals surface area contributed by atoms with Crippen molar-refractivity contribution in [2.24, 2.45) is 4.99 Å². The van der Waals surface area contributed by atoms with Gasteiger partial charge in [-0.25, -0.2) is 4.99 Å². The maximum atomic E-state index is 5.47. The van der Waals surface area contributed by atoms with Crippen LogP contribution < -0.4 is 10.6 Å². The van der Waals surface area contributed by atoms with E-state index in [1.54, 1.807) is 7.11 Å². The third-order valence-electron chi connectivity index (χ3n) is 5.04. The first-order chi connectivity index (χ1) is 14.2. The van der Waals surface area contributed by atoms with E-state index in [0.717, 1.165) is 78.0 Å². The quantitative estimate of drug-likeness (QED) is 0.186. The van der Waals surface area contributed by atoms with Crippen LogP contribution in [0.4, 0.5) is 0 Å². The first-order valence-electron chi connectivity index (χ1n) is 10.8. The molecule has 1 aliphatic rings. The molecule has 0 aliphatic carbocycles. The van der Waals surface area contributed by atoms with Gasteiger partial charge < -0.3 is 25.0 Å². The molecule has 0 aromatic heterocycles. The van der Waals surface area contributed by atoms with E-state index in [1.165, 1.54) is 11.1 Å². The molecule has 1 aromatic rings. The summed E-state index contributed by atoms with van der Waals surface area (Å²) in [7, 11) is 3.89. The highest BCUT2D eigenvalue weighted by atomic mass is 127. The predicted octanol–water partition coefficient (Wildman–Crippen LogP) is 2.16. The van der Waals surface area contributed by atoms with E-state index in [2.05, 4.69) is 58.7 Å². The molecule has 2 N–H and O–H groups in total. The van der Waals surface area contributed by atoms with Gasteiger partial charge in [0.15, 0.2) is 5.96 Å². The molecule has 0 spiro atoms. The van der Waals surface area contributed by atoms with Crippen LogP contribution in [0.3, 0.4) is 0 Å². The molecule has 1 fully saturated rings. The average molecular weight is 533 g/mol. The van der Waals surface area contributed by atoms with E-state index >= 15 is 0 Å².